The number of rotatable bonds is 5. The molecule has 0 saturated heterocycles. The second-order valence-corrected chi connectivity index (χ2v) is 18.7. The first-order chi connectivity index (χ1) is 32.5. The highest BCUT2D eigenvalue weighted by atomic mass is 16.3. The number of fused-ring (bicyclic) bond motifs is 17. The van der Waals surface area contributed by atoms with Crippen molar-refractivity contribution in [2.75, 3.05) is 4.90 Å². The van der Waals surface area contributed by atoms with Crippen LogP contribution in [0.3, 0.4) is 0 Å². The van der Waals surface area contributed by atoms with Crippen molar-refractivity contribution < 1.29 is 4.42 Å². The summed E-state index contributed by atoms with van der Waals surface area (Å²) in [4.78, 5) is 2.39. The Kier molecular flexibility index (Phi) is 7.70. The van der Waals surface area contributed by atoms with Gasteiger partial charge in [-0.3, -0.25) is 0 Å². The first-order valence-corrected chi connectivity index (χ1v) is 23.1. The van der Waals surface area contributed by atoms with E-state index in [0.29, 0.717) is 0 Å². The summed E-state index contributed by atoms with van der Waals surface area (Å²) in [6.07, 6.45) is 0. The molecule has 66 heavy (non-hydrogen) atoms. The van der Waals surface area contributed by atoms with Gasteiger partial charge in [-0.2, -0.15) is 0 Å². The lowest BCUT2D eigenvalue weighted by atomic mass is 9.69. The summed E-state index contributed by atoms with van der Waals surface area (Å²) in [6.45, 7) is 4.85. The highest BCUT2D eigenvalue weighted by Gasteiger charge is 2.54. The van der Waals surface area contributed by atoms with E-state index in [0.717, 1.165) is 50.1 Å². The summed E-state index contributed by atoms with van der Waals surface area (Å²) in [5.74, 6) is 0. The molecule has 0 saturated carbocycles. The molecule has 0 aliphatic heterocycles. The van der Waals surface area contributed by atoms with E-state index in [-0.39, 0.29) is 5.41 Å². The Bertz CT molecular complexity index is 3750. The van der Waals surface area contributed by atoms with Crippen molar-refractivity contribution in [2.45, 2.75) is 24.7 Å². The van der Waals surface area contributed by atoms with Crippen LogP contribution in [0.25, 0.3) is 77.6 Å². The number of hydrogen-bond donors (Lipinski definition) is 0. The van der Waals surface area contributed by atoms with Crippen LogP contribution in [-0.2, 0) is 10.8 Å². The smallest absolute Gasteiger partial charge is 0.159 e. The monoisotopic (exact) mass is 841 g/mol. The molecular weight excluding hydrogens is 799 g/mol. The molecule has 0 amide bonds. The van der Waals surface area contributed by atoms with Gasteiger partial charge >= 0.3 is 0 Å². The number of para-hydroxylation sites is 3. The fourth-order valence-corrected chi connectivity index (χ4v) is 12.4. The molecule has 10 aromatic carbocycles. The second-order valence-electron chi connectivity index (χ2n) is 18.7. The average Bonchev–Trinajstić information content (AvgIpc) is 4.07. The Labute approximate surface area is 384 Å². The predicted octanol–water partition coefficient (Wildman–Crippen LogP) is 17.0. The summed E-state index contributed by atoms with van der Waals surface area (Å²) in [5, 5.41) is 2.21. The molecule has 0 fully saturated rings. The van der Waals surface area contributed by atoms with E-state index in [4.69, 9.17) is 4.42 Å². The second kappa shape index (κ2) is 13.7. The van der Waals surface area contributed by atoms with Gasteiger partial charge in [0, 0.05) is 27.4 Å². The van der Waals surface area contributed by atoms with E-state index in [9.17, 15) is 0 Å². The third-order valence-corrected chi connectivity index (χ3v) is 15.1. The molecule has 0 bridgehead atoms. The van der Waals surface area contributed by atoms with Crippen LogP contribution in [0.1, 0.15) is 47.2 Å². The molecule has 1 spiro atoms. The number of hydrogen-bond acceptors (Lipinski definition) is 2. The molecule has 0 radical (unpaired) electrons. The molecule has 1 aromatic heterocycles. The molecule has 0 atom stereocenters. The Morgan fingerprint density at radius 2 is 0.879 bits per heavy atom. The maximum atomic E-state index is 6.77. The highest BCUT2D eigenvalue weighted by Crippen LogP contribution is 2.67. The number of benzene rings is 10. The van der Waals surface area contributed by atoms with Gasteiger partial charge in [-0.15, -0.1) is 0 Å². The summed E-state index contributed by atoms with van der Waals surface area (Å²) < 4.78 is 6.77. The topological polar surface area (TPSA) is 16.4 Å². The van der Waals surface area contributed by atoms with Gasteiger partial charge in [-0.05, 0) is 120 Å². The van der Waals surface area contributed by atoms with E-state index < -0.39 is 5.41 Å². The van der Waals surface area contributed by atoms with Crippen molar-refractivity contribution in [1.29, 1.82) is 0 Å². The zero-order valence-corrected chi connectivity index (χ0v) is 36.7. The molecule has 3 aliphatic rings. The minimum Gasteiger partial charge on any atom is -0.454 e. The van der Waals surface area contributed by atoms with Gasteiger partial charge in [-0.1, -0.05) is 202 Å². The molecule has 2 nitrogen and oxygen atoms in total. The number of furan rings is 1. The van der Waals surface area contributed by atoms with Crippen LogP contribution in [0.4, 0.5) is 17.1 Å². The van der Waals surface area contributed by atoms with Crippen molar-refractivity contribution >= 4 is 39.0 Å². The fraction of sp³-hybridized carbons (Fsp3) is 0.0625. The van der Waals surface area contributed by atoms with Crippen LogP contribution >= 0.6 is 0 Å². The maximum Gasteiger partial charge on any atom is 0.159 e. The quantitative estimate of drug-likeness (QED) is 0.172. The van der Waals surface area contributed by atoms with Crippen molar-refractivity contribution in [3.63, 3.8) is 0 Å². The number of nitrogens with zero attached hydrogens (tertiary/aromatic N) is 1. The van der Waals surface area contributed by atoms with E-state index >= 15 is 0 Å². The summed E-state index contributed by atoms with van der Waals surface area (Å²) in [6, 6.07) is 82.9. The van der Waals surface area contributed by atoms with Gasteiger partial charge in [0.05, 0.1) is 16.8 Å². The van der Waals surface area contributed by atoms with Crippen LogP contribution < -0.4 is 4.90 Å². The molecule has 11 aromatic rings. The summed E-state index contributed by atoms with van der Waals surface area (Å²) in [5.41, 5.74) is 25.2. The minimum atomic E-state index is -0.465. The Balaban J connectivity index is 1.03. The van der Waals surface area contributed by atoms with Crippen LogP contribution in [0.2, 0.25) is 0 Å². The van der Waals surface area contributed by atoms with E-state index in [1.165, 1.54) is 77.9 Å². The Hall–Kier alpha value is -8.20. The van der Waals surface area contributed by atoms with Crippen molar-refractivity contribution in [2.24, 2.45) is 0 Å². The third kappa shape index (κ3) is 4.85. The standard InChI is InChI=1S/C64H43NO/c1-63(2)51-28-12-8-25-48(51)60-59-49-26-9-15-31-54(49)64(52-29-13-6-22-44(52)45-23-7-14-30-53(45)64)55(59)39-50(61(60)63)41-35-37-42(38-36-41)65(56-32-16-10-21-43(56)40-19-4-3-5-20-40)57-33-18-27-47-46-24-11-17-34-58(46)66-62(47)57/h3-39H,1-2H3. The average molecular weight is 842 g/mol. The lowest BCUT2D eigenvalue weighted by Gasteiger charge is -2.32. The van der Waals surface area contributed by atoms with Crippen molar-refractivity contribution in [3.05, 3.63) is 258 Å². The molecule has 3 aliphatic carbocycles. The van der Waals surface area contributed by atoms with Gasteiger partial charge in [0.2, 0.25) is 0 Å². The van der Waals surface area contributed by atoms with Gasteiger partial charge in [0.25, 0.3) is 0 Å². The normalized spacial score (nSPS) is 14.2. The lowest BCUT2D eigenvalue weighted by molar-refractivity contribution is 0.661. The number of anilines is 3. The van der Waals surface area contributed by atoms with Crippen LogP contribution in [0, 0.1) is 0 Å². The maximum absolute atomic E-state index is 6.77. The van der Waals surface area contributed by atoms with E-state index in [1.54, 1.807) is 0 Å². The predicted molar refractivity (Wildman–Crippen MR) is 273 cm³/mol. The molecular formula is C64H43NO. The Morgan fingerprint density at radius 3 is 1.59 bits per heavy atom. The lowest BCUT2D eigenvalue weighted by Crippen LogP contribution is -2.26. The summed E-state index contributed by atoms with van der Waals surface area (Å²) >= 11 is 0. The zero-order chi connectivity index (χ0) is 43.7. The molecule has 310 valence electrons. The molecule has 0 unspecified atom stereocenters. The fourth-order valence-electron chi connectivity index (χ4n) is 12.4. The van der Waals surface area contributed by atoms with Gasteiger partial charge in [-0.25, -0.2) is 0 Å². The van der Waals surface area contributed by atoms with Crippen molar-refractivity contribution in [3.8, 4) is 55.6 Å². The molecule has 0 N–H and O–H groups in total. The van der Waals surface area contributed by atoms with Crippen molar-refractivity contribution in [1.82, 2.24) is 0 Å². The van der Waals surface area contributed by atoms with Crippen LogP contribution in [0.15, 0.2) is 229 Å². The minimum absolute atomic E-state index is 0.247. The van der Waals surface area contributed by atoms with Gasteiger partial charge in [0.15, 0.2) is 5.58 Å². The zero-order valence-electron chi connectivity index (χ0n) is 36.7. The summed E-state index contributed by atoms with van der Waals surface area (Å²) in [7, 11) is 0. The molecule has 14 rings (SSSR count). The highest BCUT2D eigenvalue weighted by molar-refractivity contribution is 6.11. The largest absolute Gasteiger partial charge is 0.454 e. The van der Waals surface area contributed by atoms with Crippen LogP contribution in [-0.4, -0.2) is 0 Å². The third-order valence-electron chi connectivity index (χ3n) is 15.1. The molecule has 1 heterocycles. The first-order valence-electron chi connectivity index (χ1n) is 23.1. The van der Waals surface area contributed by atoms with E-state index in [2.05, 4.69) is 237 Å². The van der Waals surface area contributed by atoms with Crippen LogP contribution in [0.5, 0.6) is 0 Å². The van der Waals surface area contributed by atoms with Gasteiger partial charge < -0.3 is 9.32 Å². The molecule has 2 heteroatoms. The van der Waals surface area contributed by atoms with Gasteiger partial charge in [0.1, 0.15) is 5.58 Å². The SMILES string of the molecule is CC1(C)c2ccccc2-c2c3c(cc(-c4ccc(N(c5ccccc5-c5ccccc5)c5cccc6c5oc5ccccc56)cc4)c21)C1(c2ccccc2-c2ccccc21)c1ccccc1-3. The first kappa shape index (κ1) is 37.2. The van der Waals surface area contributed by atoms with E-state index in [1.807, 2.05) is 6.07 Å². The Morgan fingerprint density at radius 1 is 0.364 bits per heavy atom.